The van der Waals surface area contributed by atoms with Crippen LogP contribution in [0.25, 0.3) is 0 Å². The molecule has 0 aliphatic heterocycles. The van der Waals surface area contributed by atoms with E-state index in [1.165, 1.54) is 19.3 Å². The lowest BCUT2D eigenvalue weighted by atomic mass is 10.0. The number of quaternary nitrogens is 1. The van der Waals surface area contributed by atoms with Crippen LogP contribution in [0.15, 0.2) is 0 Å². The van der Waals surface area contributed by atoms with Crippen molar-refractivity contribution in [3.63, 3.8) is 0 Å². The van der Waals surface area contributed by atoms with Gasteiger partial charge >= 0.3 is 0 Å². The molecule has 0 saturated carbocycles. The van der Waals surface area contributed by atoms with E-state index in [-0.39, 0.29) is 18.7 Å². The number of likely N-dealkylation sites (N-methyl/N-ethyl adjacent to an activating group) is 1. The Labute approximate surface area is 181 Å². The summed E-state index contributed by atoms with van der Waals surface area (Å²) in [6.45, 7) is -1.06. The summed E-state index contributed by atoms with van der Waals surface area (Å²) in [5.41, 5.74) is 0. The number of Topliss-reactive ketones (excluding diaryl/α,β-unsaturated/α-hetero) is 1. The van der Waals surface area contributed by atoms with E-state index in [1.54, 1.807) is 0 Å². The van der Waals surface area contributed by atoms with Gasteiger partial charge in [0.15, 0.2) is 11.9 Å². The minimum Gasteiger partial charge on any atom is -0.756 e. The lowest BCUT2D eigenvalue weighted by Crippen LogP contribution is -2.45. The van der Waals surface area contributed by atoms with E-state index < -0.39 is 33.2 Å². The number of aliphatic hydroxyl groups is 2. The molecule has 0 aromatic carbocycles. The molecular weight excluding hydrogens is 417 g/mol. The molecule has 0 aromatic heterocycles. The van der Waals surface area contributed by atoms with Crippen LogP contribution in [0.5, 0.6) is 0 Å². The second kappa shape index (κ2) is 15.8. The Morgan fingerprint density at radius 2 is 1.59 bits per heavy atom. The van der Waals surface area contributed by atoms with Gasteiger partial charge < -0.3 is 28.6 Å². The molecule has 3 atom stereocenters. The topological polar surface area (TPSA) is 116 Å². The Morgan fingerprint density at radius 1 is 1.07 bits per heavy atom. The smallest absolute Gasteiger partial charge is 0.268 e. The number of ketones is 1. The molecule has 0 heterocycles. The molecule has 0 saturated heterocycles. The zero-order valence-corrected chi connectivity index (χ0v) is 19.9. The molecule has 0 fully saturated rings. The van der Waals surface area contributed by atoms with Crippen LogP contribution in [-0.4, -0.2) is 79.3 Å². The van der Waals surface area contributed by atoms with E-state index in [2.05, 4.69) is 17.2 Å². The third kappa shape index (κ3) is 17.4. The van der Waals surface area contributed by atoms with Crippen LogP contribution in [0, 0.1) is 0 Å². The summed E-state index contributed by atoms with van der Waals surface area (Å²) < 4.78 is 21.9. The molecule has 10 heteroatoms. The van der Waals surface area contributed by atoms with E-state index >= 15 is 0 Å². The lowest BCUT2D eigenvalue weighted by molar-refractivity contribution is -0.872. The van der Waals surface area contributed by atoms with E-state index in [4.69, 9.17) is 9.63 Å². The van der Waals surface area contributed by atoms with Crippen molar-refractivity contribution in [1.29, 1.82) is 0 Å². The van der Waals surface area contributed by atoms with Crippen molar-refractivity contribution in [3.8, 4) is 0 Å². The number of carbonyl (C=O) groups is 1. The molecule has 8 nitrogen and oxygen atoms in total. The normalized spacial score (nSPS) is 16.4. The fourth-order valence-corrected chi connectivity index (χ4v) is 3.88. The number of hydrogen-bond acceptors (Lipinski definition) is 8. The van der Waals surface area contributed by atoms with Gasteiger partial charge in [0.2, 0.25) is 0 Å². The van der Waals surface area contributed by atoms with Crippen LogP contribution in [0.2, 0.25) is 0 Å². The zero-order valence-electron chi connectivity index (χ0n) is 18.1. The van der Waals surface area contributed by atoms with Crippen LogP contribution in [0.1, 0.15) is 57.8 Å². The maximum absolute atomic E-state index is 12.6. The summed E-state index contributed by atoms with van der Waals surface area (Å²) in [4.78, 5) is 24.6. The van der Waals surface area contributed by atoms with Crippen molar-refractivity contribution >= 4 is 26.2 Å². The third-order valence-corrected chi connectivity index (χ3v) is 5.59. The summed E-state index contributed by atoms with van der Waals surface area (Å²) in [7, 11) is 0.734. The Bertz CT molecular complexity index is 488. The second-order valence-electron chi connectivity index (χ2n) is 8.41. The first-order chi connectivity index (χ1) is 13.5. The van der Waals surface area contributed by atoms with Crippen molar-refractivity contribution in [3.05, 3.63) is 0 Å². The predicted octanol–water partition coefficient (Wildman–Crippen LogP) is 1.93. The highest BCUT2D eigenvalue weighted by atomic mass is 32.1. The van der Waals surface area contributed by atoms with Gasteiger partial charge in [-0.25, -0.2) is 0 Å². The van der Waals surface area contributed by atoms with Gasteiger partial charge in [0.05, 0.1) is 34.4 Å². The van der Waals surface area contributed by atoms with E-state index in [1.807, 2.05) is 21.1 Å². The van der Waals surface area contributed by atoms with Gasteiger partial charge in [0, 0.05) is 6.42 Å². The second-order valence-corrected chi connectivity index (χ2v) is 10.2. The molecular formula is C19H40NO7PS. The summed E-state index contributed by atoms with van der Waals surface area (Å²) in [5, 5.41) is 18.0. The number of carbonyl (C=O) groups excluding carboxylic acids is 1. The van der Waals surface area contributed by atoms with E-state index in [0.29, 0.717) is 10.9 Å². The van der Waals surface area contributed by atoms with Crippen molar-refractivity contribution < 1.29 is 38.0 Å². The maximum atomic E-state index is 12.6. The molecule has 0 spiro atoms. The molecule has 0 amide bonds. The highest BCUT2D eigenvalue weighted by Crippen LogP contribution is 2.40. The number of rotatable bonds is 19. The van der Waals surface area contributed by atoms with Gasteiger partial charge in [-0.15, -0.1) is 0 Å². The lowest BCUT2D eigenvalue weighted by Gasteiger charge is -2.32. The van der Waals surface area contributed by atoms with Gasteiger partial charge in [-0.05, 0) is 18.6 Å². The van der Waals surface area contributed by atoms with Crippen LogP contribution in [-0.2, 0) is 18.4 Å². The number of hydrogen-bond donors (Lipinski definition) is 3. The Morgan fingerprint density at radius 3 is 2.07 bits per heavy atom. The van der Waals surface area contributed by atoms with Gasteiger partial charge in [0.1, 0.15) is 12.6 Å². The van der Waals surface area contributed by atoms with Crippen LogP contribution >= 0.6 is 20.5 Å². The first kappa shape index (κ1) is 29.0. The Hall–Kier alpha value is 0.01000. The first-order valence-electron chi connectivity index (χ1n) is 10.4. The van der Waals surface area contributed by atoms with Crippen LogP contribution in [0.3, 0.4) is 0 Å². The number of phosphoric ester groups is 1. The predicted molar refractivity (Wildman–Crippen MR) is 115 cm³/mol. The van der Waals surface area contributed by atoms with Gasteiger partial charge in [0.25, 0.3) is 7.82 Å². The molecule has 0 rings (SSSR count). The average molecular weight is 458 g/mol. The molecule has 0 aliphatic carbocycles. The number of phosphoric acid groups is 1. The maximum Gasteiger partial charge on any atom is 0.268 e. The Balaban J connectivity index is 4.42. The van der Waals surface area contributed by atoms with Crippen LogP contribution in [0.4, 0.5) is 0 Å². The number of nitrogens with zero attached hydrogens (tertiary/aromatic N) is 1. The van der Waals surface area contributed by atoms with Crippen molar-refractivity contribution in [2.24, 2.45) is 0 Å². The largest absolute Gasteiger partial charge is 0.756 e. The van der Waals surface area contributed by atoms with Crippen LogP contribution < -0.4 is 4.89 Å². The van der Waals surface area contributed by atoms with Crippen molar-refractivity contribution in [2.45, 2.75) is 70.0 Å². The monoisotopic (exact) mass is 457 g/mol. The SMILES string of the molecule is C[N+](C)(C)CC(OP(=O)([O-])OC[C@H](O)CO)C(=O)CCCCCCCCCCS. The van der Waals surface area contributed by atoms with Crippen molar-refractivity contribution in [2.75, 3.05) is 46.7 Å². The van der Waals surface area contributed by atoms with Gasteiger partial charge in [-0.3, -0.25) is 9.36 Å². The zero-order chi connectivity index (χ0) is 22.3. The fourth-order valence-electron chi connectivity index (χ4n) is 2.74. The number of aliphatic hydroxyl groups excluding tert-OH is 2. The summed E-state index contributed by atoms with van der Waals surface area (Å²) >= 11 is 4.19. The molecule has 0 radical (unpaired) electrons. The standard InChI is InChI=1S/C19H40NO7PS/c1-20(2,3)14-19(27-28(24,25)26-16-17(22)15-21)18(23)12-10-8-6-4-5-7-9-11-13-29/h17,19,21-22H,4-16H2,1-3H3,(H-,24,25,29)/t17-,19?/m1/s1. The highest BCUT2D eigenvalue weighted by Gasteiger charge is 2.30. The minimum absolute atomic E-state index is 0.183. The van der Waals surface area contributed by atoms with E-state index in [9.17, 15) is 19.4 Å². The minimum atomic E-state index is -4.78. The molecule has 0 bridgehead atoms. The molecule has 2 unspecified atom stereocenters. The summed E-state index contributed by atoms with van der Waals surface area (Å²) in [6, 6.07) is 0. The van der Waals surface area contributed by atoms with E-state index in [0.717, 1.165) is 31.4 Å². The average Bonchev–Trinajstić information content (AvgIpc) is 2.62. The molecule has 0 aromatic rings. The molecule has 0 aliphatic rings. The first-order valence-corrected chi connectivity index (χ1v) is 12.5. The quantitative estimate of drug-likeness (QED) is 0.117. The van der Waals surface area contributed by atoms with Gasteiger partial charge in [-0.2, -0.15) is 12.6 Å². The molecule has 29 heavy (non-hydrogen) atoms. The molecule has 2 N–H and O–H groups in total. The Kier molecular flexibility index (Phi) is 15.8. The number of unbranched alkanes of at least 4 members (excludes halogenated alkanes) is 7. The highest BCUT2D eigenvalue weighted by molar-refractivity contribution is 7.80. The summed E-state index contributed by atoms with van der Waals surface area (Å²) in [5.74, 6) is 0.663. The number of thiol groups is 1. The van der Waals surface area contributed by atoms with Gasteiger partial charge in [-0.1, -0.05) is 38.5 Å². The summed E-state index contributed by atoms with van der Waals surface area (Å²) in [6.07, 6.45) is 6.35. The third-order valence-electron chi connectivity index (χ3n) is 4.30. The van der Waals surface area contributed by atoms with Crippen molar-refractivity contribution in [1.82, 2.24) is 0 Å². The fraction of sp³-hybridized carbons (Fsp3) is 0.947. The molecule has 174 valence electrons.